The number of aromatic nitrogens is 2. The maximum atomic E-state index is 12.5. The van der Waals surface area contributed by atoms with Crippen molar-refractivity contribution in [3.05, 3.63) is 47.5 Å². The van der Waals surface area contributed by atoms with Crippen molar-refractivity contribution < 1.29 is 4.79 Å². The molecule has 122 valence electrons. The molecule has 24 heavy (non-hydrogen) atoms. The largest absolute Gasteiger partial charge is 0.339 e. The zero-order valence-electron chi connectivity index (χ0n) is 13.1. The number of nitrogens with zero attached hydrogens (tertiary/aromatic N) is 3. The van der Waals surface area contributed by atoms with Gasteiger partial charge in [-0.25, -0.2) is 0 Å². The molecule has 0 spiro atoms. The van der Waals surface area contributed by atoms with E-state index >= 15 is 0 Å². The highest BCUT2D eigenvalue weighted by atomic mass is 32.1. The zero-order chi connectivity index (χ0) is 16.4. The van der Waals surface area contributed by atoms with Gasteiger partial charge in [-0.2, -0.15) is 0 Å². The summed E-state index contributed by atoms with van der Waals surface area (Å²) in [6, 6.07) is 12.1. The Labute approximate surface area is 148 Å². The number of hydrogen-bond acceptors (Lipinski definition) is 5. The molecule has 3 aromatic rings. The minimum atomic E-state index is 0.155. The first-order chi connectivity index (χ1) is 11.8. The Morgan fingerprint density at radius 3 is 2.42 bits per heavy atom. The number of rotatable bonds is 3. The van der Waals surface area contributed by atoms with E-state index in [0.29, 0.717) is 0 Å². The van der Waals surface area contributed by atoms with E-state index in [0.717, 1.165) is 46.9 Å². The first-order valence-corrected chi connectivity index (χ1v) is 9.77. The van der Waals surface area contributed by atoms with Crippen LogP contribution < -0.4 is 0 Å². The summed E-state index contributed by atoms with van der Waals surface area (Å²) in [4.78, 5) is 16.8. The molecule has 6 heteroatoms. The molecule has 1 aromatic carbocycles. The number of likely N-dealkylation sites (tertiary alicyclic amines) is 1. The van der Waals surface area contributed by atoms with Gasteiger partial charge in [0.25, 0.3) is 5.91 Å². The van der Waals surface area contributed by atoms with Crippen LogP contribution in [0.5, 0.6) is 0 Å². The summed E-state index contributed by atoms with van der Waals surface area (Å²) in [6.45, 7) is 1.77. The molecule has 1 amide bonds. The topological polar surface area (TPSA) is 46.1 Å². The number of piperidine rings is 1. The molecule has 0 aliphatic carbocycles. The summed E-state index contributed by atoms with van der Waals surface area (Å²) in [6.07, 6.45) is 3.47. The Balaban J connectivity index is 1.52. The number of thiophene rings is 1. The predicted octanol–water partition coefficient (Wildman–Crippen LogP) is 4.56. The molecule has 4 nitrogen and oxygen atoms in total. The molecular formula is C18H17N3OS2. The third-order valence-corrected chi connectivity index (χ3v) is 6.23. The van der Waals surface area contributed by atoms with Gasteiger partial charge in [0.1, 0.15) is 5.51 Å². The van der Waals surface area contributed by atoms with Crippen LogP contribution in [-0.4, -0.2) is 34.1 Å². The SMILES string of the molecule is O=C(c1ccc(-c2ccc(-c3nncs3)s2)cc1)N1CCCCC1. The van der Waals surface area contributed by atoms with Crippen LogP contribution in [0.25, 0.3) is 20.3 Å². The van der Waals surface area contributed by atoms with Gasteiger partial charge >= 0.3 is 0 Å². The van der Waals surface area contributed by atoms with Gasteiger partial charge in [-0.1, -0.05) is 23.5 Å². The van der Waals surface area contributed by atoms with Crippen molar-refractivity contribution >= 4 is 28.6 Å². The summed E-state index contributed by atoms with van der Waals surface area (Å²) < 4.78 is 0. The van der Waals surface area contributed by atoms with Crippen LogP contribution in [0.3, 0.4) is 0 Å². The number of carbonyl (C=O) groups is 1. The highest BCUT2D eigenvalue weighted by molar-refractivity contribution is 7.22. The van der Waals surface area contributed by atoms with Gasteiger partial charge in [0.15, 0.2) is 5.01 Å². The number of carbonyl (C=O) groups excluding carboxylic acids is 1. The quantitative estimate of drug-likeness (QED) is 0.692. The molecule has 4 rings (SSSR count). The maximum absolute atomic E-state index is 12.5. The molecule has 0 N–H and O–H groups in total. The molecule has 3 heterocycles. The zero-order valence-corrected chi connectivity index (χ0v) is 14.8. The van der Waals surface area contributed by atoms with E-state index in [4.69, 9.17) is 0 Å². The van der Waals surface area contributed by atoms with Gasteiger partial charge in [-0.05, 0) is 49.1 Å². The van der Waals surface area contributed by atoms with Crippen LogP contribution in [0.4, 0.5) is 0 Å². The van der Waals surface area contributed by atoms with Gasteiger partial charge in [0, 0.05) is 23.5 Å². The number of benzene rings is 1. The first kappa shape index (κ1) is 15.5. The second-order valence-electron chi connectivity index (χ2n) is 5.84. The highest BCUT2D eigenvalue weighted by Crippen LogP contribution is 2.35. The van der Waals surface area contributed by atoms with E-state index < -0.39 is 0 Å². The standard InChI is InChI=1S/C18H17N3OS2/c22-18(21-10-2-1-3-11-21)14-6-4-13(5-7-14)15-8-9-16(24-15)17-20-19-12-23-17/h4-9,12H,1-3,10-11H2. The average molecular weight is 355 g/mol. The average Bonchev–Trinajstić information content (AvgIpc) is 3.33. The molecule has 0 saturated carbocycles. The van der Waals surface area contributed by atoms with E-state index in [-0.39, 0.29) is 5.91 Å². The first-order valence-electron chi connectivity index (χ1n) is 8.07. The van der Waals surface area contributed by atoms with Crippen molar-refractivity contribution in [2.24, 2.45) is 0 Å². The van der Waals surface area contributed by atoms with Gasteiger partial charge in [0.2, 0.25) is 0 Å². The minimum absolute atomic E-state index is 0.155. The molecule has 1 fully saturated rings. The fourth-order valence-corrected chi connectivity index (χ4v) is 4.58. The van der Waals surface area contributed by atoms with Gasteiger partial charge in [0.05, 0.1) is 4.88 Å². The Kier molecular flexibility index (Phi) is 4.40. The molecule has 2 aromatic heterocycles. The summed E-state index contributed by atoms with van der Waals surface area (Å²) in [5, 5.41) is 8.95. The second kappa shape index (κ2) is 6.83. The van der Waals surface area contributed by atoms with Gasteiger partial charge < -0.3 is 4.90 Å². The lowest BCUT2D eigenvalue weighted by atomic mass is 10.1. The molecule has 1 saturated heterocycles. The summed E-state index contributed by atoms with van der Waals surface area (Å²) in [5.41, 5.74) is 3.66. The van der Waals surface area contributed by atoms with E-state index in [1.165, 1.54) is 11.3 Å². The van der Waals surface area contributed by atoms with E-state index in [1.54, 1.807) is 28.2 Å². The molecule has 0 unspecified atom stereocenters. The third-order valence-electron chi connectivity index (χ3n) is 4.24. The van der Waals surface area contributed by atoms with Crippen LogP contribution in [0, 0.1) is 0 Å². The van der Waals surface area contributed by atoms with Crippen LogP contribution in [0.15, 0.2) is 41.9 Å². The molecule has 1 aliphatic rings. The summed E-state index contributed by atoms with van der Waals surface area (Å²) in [5.74, 6) is 0.155. The number of amides is 1. The van der Waals surface area contributed by atoms with Crippen LogP contribution in [0.1, 0.15) is 29.6 Å². The van der Waals surface area contributed by atoms with E-state index in [9.17, 15) is 4.79 Å². The fraction of sp³-hybridized carbons (Fsp3) is 0.278. The minimum Gasteiger partial charge on any atom is -0.339 e. The van der Waals surface area contributed by atoms with E-state index in [2.05, 4.69) is 22.3 Å². The Hall–Kier alpha value is -2.05. The van der Waals surface area contributed by atoms with Crippen molar-refractivity contribution in [2.45, 2.75) is 19.3 Å². The Morgan fingerprint density at radius 1 is 0.958 bits per heavy atom. The predicted molar refractivity (Wildman–Crippen MR) is 98.4 cm³/mol. The van der Waals surface area contributed by atoms with Crippen LogP contribution in [0.2, 0.25) is 0 Å². The fourth-order valence-electron chi connectivity index (χ4n) is 2.95. The lowest BCUT2D eigenvalue weighted by Crippen LogP contribution is -2.35. The van der Waals surface area contributed by atoms with Crippen LogP contribution in [-0.2, 0) is 0 Å². The van der Waals surface area contributed by atoms with Crippen molar-refractivity contribution in [3.63, 3.8) is 0 Å². The lowest BCUT2D eigenvalue weighted by Gasteiger charge is -2.26. The molecule has 0 bridgehead atoms. The monoisotopic (exact) mass is 355 g/mol. The summed E-state index contributed by atoms with van der Waals surface area (Å²) in [7, 11) is 0. The van der Waals surface area contributed by atoms with E-state index in [1.807, 2.05) is 29.2 Å². The molecule has 0 atom stereocenters. The third kappa shape index (κ3) is 3.12. The molecule has 1 aliphatic heterocycles. The summed E-state index contributed by atoms with van der Waals surface area (Å²) >= 11 is 3.24. The molecule has 0 radical (unpaired) electrons. The van der Waals surface area contributed by atoms with Crippen molar-refractivity contribution in [1.82, 2.24) is 15.1 Å². The van der Waals surface area contributed by atoms with Crippen molar-refractivity contribution in [1.29, 1.82) is 0 Å². The van der Waals surface area contributed by atoms with Crippen molar-refractivity contribution in [2.75, 3.05) is 13.1 Å². The second-order valence-corrected chi connectivity index (χ2v) is 7.75. The smallest absolute Gasteiger partial charge is 0.253 e. The maximum Gasteiger partial charge on any atom is 0.253 e. The Morgan fingerprint density at radius 2 is 1.71 bits per heavy atom. The van der Waals surface area contributed by atoms with Crippen LogP contribution >= 0.6 is 22.7 Å². The van der Waals surface area contributed by atoms with Gasteiger partial charge in [-0.3, -0.25) is 4.79 Å². The number of hydrogen-bond donors (Lipinski definition) is 0. The lowest BCUT2D eigenvalue weighted by molar-refractivity contribution is 0.0724. The Bertz CT molecular complexity index is 818. The normalized spacial score (nSPS) is 14.8. The highest BCUT2D eigenvalue weighted by Gasteiger charge is 2.18. The van der Waals surface area contributed by atoms with Crippen molar-refractivity contribution in [3.8, 4) is 20.3 Å². The van der Waals surface area contributed by atoms with Gasteiger partial charge in [-0.15, -0.1) is 21.5 Å². The molecular weight excluding hydrogens is 338 g/mol.